The van der Waals surface area contributed by atoms with Crippen LogP contribution in [0.15, 0.2) is 60.8 Å². The van der Waals surface area contributed by atoms with Gasteiger partial charge in [-0.2, -0.15) is 0 Å². The normalized spacial score (nSPS) is 19.3. The van der Waals surface area contributed by atoms with E-state index in [1.807, 2.05) is 0 Å². The Labute approximate surface area is 430 Å². The largest absolute Gasteiger partial charge is 0.457 e. The predicted molar refractivity (Wildman–Crippen MR) is 293 cm³/mol. The molecule has 70 heavy (non-hydrogen) atoms. The molecule has 0 radical (unpaired) electrons. The summed E-state index contributed by atoms with van der Waals surface area (Å²) in [7, 11) is 0. The minimum Gasteiger partial charge on any atom is -0.457 e. The third-order valence-electron chi connectivity index (χ3n) is 13.4. The van der Waals surface area contributed by atoms with E-state index in [1.54, 1.807) is 0 Å². The van der Waals surface area contributed by atoms with Crippen LogP contribution < -0.4 is 0 Å². The highest BCUT2D eigenvalue weighted by Gasteiger charge is 2.44. The molecule has 9 nitrogen and oxygen atoms in total. The number of aliphatic hydroxyl groups is 4. The molecule has 6 atom stereocenters. The lowest BCUT2D eigenvalue weighted by Gasteiger charge is -2.39. The van der Waals surface area contributed by atoms with Crippen LogP contribution >= 0.6 is 0 Å². The van der Waals surface area contributed by atoms with Crippen LogP contribution in [0.4, 0.5) is 0 Å². The van der Waals surface area contributed by atoms with Crippen molar-refractivity contribution < 1.29 is 44.2 Å². The van der Waals surface area contributed by atoms with Gasteiger partial charge in [-0.05, 0) is 57.8 Å². The number of hydrogen-bond acceptors (Lipinski definition) is 9. The van der Waals surface area contributed by atoms with E-state index >= 15 is 0 Å². The number of unbranched alkanes of at least 4 members (excludes halogenated alkanes) is 30. The summed E-state index contributed by atoms with van der Waals surface area (Å²) in [4.78, 5) is 12.9. The summed E-state index contributed by atoms with van der Waals surface area (Å²) in [6.45, 7) is 4.48. The van der Waals surface area contributed by atoms with Crippen LogP contribution in [0.3, 0.4) is 0 Å². The summed E-state index contributed by atoms with van der Waals surface area (Å²) in [5.74, 6) is -0.317. The minimum absolute atomic E-state index is 0.115. The fraction of sp³-hybridized carbons (Fsp3) is 0.820. The molecule has 1 heterocycles. The lowest BCUT2D eigenvalue weighted by atomic mass is 9.99. The molecule has 6 unspecified atom stereocenters. The van der Waals surface area contributed by atoms with Gasteiger partial charge in [-0.3, -0.25) is 4.79 Å². The quantitative estimate of drug-likeness (QED) is 0.0267. The molecule has 1 rings (SSSR count). The van der Waals surface area contributed by atoms with E-state index < -0.39 is 43.4 Å². The van der Waals surface area contributed by atoms with Gasteiger partial charge in [-0.25, -0.2) is 0 Å². The Hall–Kier alpha value is -2.11. The molecule has 0 aromatic rings. The first-order valence-electron chi connectivity index (χ1n) is 29.4. The van der Waals surface area contributed by atoms with Crippen molar-refractivity contribution in [2.24, 2.45) is 0 Å². The Morgan fingerprint density at radius 1 is 0.471 bits per heavy atom. The molecule has 4 N–H and O–H groups in total. The molecule has 1 aliphatic heterocycles. The van der Waals surface area contributed by atoms with Crippen LogP contribution in [-0.4, -0.2) is 89.6 Å². The zero-order valence-corrected chi connectivity index (χ0v) is 45.3. The predicted octanol–water partition coefficient (Wildman–Crippen LogP) is 15.4. The van der Waals surface area contributed by atoms with Crippen molar-refractivity contribution >= 4 is 5.97 Å². The molecule has 1 saturated heterocycles. The molecule has 1 aliphatic rings. The van der Waals surface area contributed by atoms with E-state index in [2.05, 4.69) is 74.6 Å². The minimum atomic E-state index is -1.54. The van der Waals surface area contributed by atoms with Gasteiger partial charge in [0.25, 0.3) is 0 Å². The van der Waals surface area contributed by atoms with Crippen LogP contribution in [0, 0.1) is 0 Å². The Morgan fingerprint density at radius 2 is 0.871 bits per heavy atom. The Morgan fingerprint density at radius 3 is 1.31 bits per heavy atom. The fourth-order valence-electron chi connectivity index (χ4n) is 8.93. The lowest BCUT2D eigenvalue weighted by molar-refractivity contribution is -0.305. The van der Waals surface area contributed by atoms with Crippen LogP contribution in [0.1, 0.15) is 258 Å². The van der Waals surface area contributed by atoms with Gasteiger partial charge in [0, 0.05) is 13.0 Å². The highest BCUT2D eigenvalue weighted by Crippen LogP contribution is 2.23. The number of carbonyl (C=O) groups excluding carboxylic acids is 1. The van der Waals surface area contributed by atoms with Gasteiger partial charge in [0.1, 0.15) is 30.5 Å². The van der Waals surface area contributed by atoms with Crippen LogP contribution in [0.5, 0.6) is 0 Å². The maximum absolute atomic E-state index is 12.9. The van der Waals surface area contributed by atoms with Crippen molar-refractivity contribution in [3.05, 3.63) is 60.8 Å². The smallest absolute Gasteiger partial charge is 0.306 e. The molecular weight excluding hydrogens is 877 g/mol. The van der Waals surface area contributed by atoms with E-state index in [1.165, 1.54) is 167 Å². The van der Waals surface area contributed by atoms with E-state index in [0.717, 1.165) is 70.6 Å². The van der Waals surface area contributed by atoms with Crippen molar-refractivity contribution in [3.63, 3.8) is 0 Å². The van der Waals surface area contributed by atoms with Gasteiger partial charge in [0.05, 0.1) is 19.8 Å². The zero-order chi connectivity index (χ0) is 50.6. The molecule has 9 heteroatoms. The first-order chi connectivity index (χ1) is 34.4. The summed E-state index contributed by atoms with van der Waals surface area (Å²) in [6.07, 6.45) is 61.2. The highest BCUT2D eigenvalue weighted by atomic mass is 16.7. The molecule has 0 aliphatic carbocycles. The third kappa shape index (κ3) is 41.4. The second kappa shape index (κ2) is 51.8. The zero-order valence-electron chi connectivity index (χ0n) is 45.3. The summed E-state index contributed by atoms with van der Waals surface area (Å²) in [6, 6.07) is 0. The number of aliphatic hydroxyl groups excluding tert-OH is 4. The maximum Gasteiger partial charge on any atom is 0.306 e. The van der Waals surface area contributed by atoms with Gasteiger partial charge in [-0.15, -0.1) is 0 Å². The number of allylic oxidation sites excluding steroid dienone is 10. The van der Waals surface area contributed by atoms with Crippen molar-refractivity contribution in [1.82, 2.24) is 0 Å². The van der Waals surface area contributed by atoms with Gasteiger partial charge < -0.3 is 39.4 Å². The SMILES string of the molecule is CC/C=C\C/C=C\C/C=C\C/C=C\C/C=C\CCCCCCCCCCCC(=O)OC(COCCCCCCCCCCCCCCCCCCCCCCCC)COC1OC(CO)C(O)C(O)C1O. The summed E-state index contributed by atoms with van der Waals surface area (Å²) in [5.41, 5.74) is 0. The Bertz CT molecular complexity index is 1260. The van der Waals surface area contributed by atoms with E-state index in [-0.39, 0.29) is 19.2 Å². The molecule has 0 amide bonds. The lowest BCUT2D eigenvalue weighted by Crippen LogP contribution is -2.59. The molecule has 0 spiro atoms. The van der Waals surface area contributed by atoms with Crippen molar-refractivity contribution in [2.45, 2.75) is 295 Å². The number of ether oxygens (including phenoxy) is 4. The van der Waals surface area contributed by atoms with E-state index in [0.29, 0.717) is 13.0 Å². The second-order valence-electron chi connectivity index (χ2n) is 20.1. The van der Waals surface area contributed by atoms with Crippen LogP contribution in [0.2, 0.25) is 0 Å². The first kappa shape index (κ1) is 65.9. The topological polar surface area (TPSA) is 135 Å². The number of carbonyl (C=O) groups is 1. The van der Waals surface area contributed by atoms with Crippen molar-refractivity contribution in [3.8, 4) is 0 Å². The number of rotatable bonds is 51. The Kier molecular flexibility index (Phi) is 48.7. The van der Waals surface area contributed by atoms with E-state index in [9.17, 15) is 25.2 Å². The third-order valence-corrected chi connectivity index (χ3v) is 13.4. The van der Waals surface area contributed by atoms with E-state index in [4.69, 9.17) is 18.9 Å². The van der Waals surface area contributed by atoms with Crippen LogP contribution in [0.25, 0.3) is 0 Å². The van der Waals surface area contributed by atoms with Gasteiger partial charge >= 0.3 is 5.97 Å². The Balaban J connectivity index is 2.15. The average Bonchev–Trinajstić information content (AvgIpc) is 3.36. The molecule has 408 valence electrons. The van der Waals surface area contributed by atoms with Crippen LogP contribution in [-0.2, 0) is 23.7 Å². The number of hydrogen-bond donors (Lipinski definition) is 4. The second-order valence-corrected chi connectivity index (χ2v) is 20.1. The highest BCUT2D eigenvalue weighted by molar-refractivity contribution is 5.69. The molecular formula is C61H110O9. The monoisotopic (exact) mass is 987 g/mol. The van der Waals surface area contributed by atoms with Crippen molar-refractivity contribution in [1.29, 1.82) is 0 Å². The summed E-state index contributed by atoms with van der Waals surface area (Å²) >= 11 is 0. The van der Waals surface area contributed by atoms with Crippen molar-refractivity contribution in [2.75, 3.05) is 26.4 Å². The first-order valence-corrected chi connectivity index (χ1v) is 29.4. The molecule has 0 aromatic heterocycles. The number of esters is 1. The summed E-state index contributed by atoms with van der Waals surface area (Å²) in [5, 5.41) is 40.4. The van der Waals surface area contributed by atoms with Gasteiger partial charge in [-0.1, -0.05) is 254 Å². The molecule has 0 bridgehead atoms. The molecule has 1 fully saturated rings. The van der Waals surface area contributed by atoms with Gasteiger partial charge in [0.15, 0.2) is 6.29 Å². The standard InChI is InChI=1S/C61H110O9/c1-3-5-7-9-11-13-15-17-19-21-23-25-27-28-29-30-32-34-36-38-40-42-44-46-48-50-57(63)69-55(54-68-61-60(66)59(65)58(64)56(52-62)70-61)53-67-51-49-47-45-43-41-39-37-35-33-31-26-24-22-20-18-16-14-12-10-8-6-4-2/h5,7,11,13,17,19,23,25,28-29,55-56,58-62,64-66H,3-4,6,8-10,12,14-16,18,20-22,24,26-27,30-54H2,1-2H3/b7-5-,13-11-,19-17-,25-23-,29-28-. The summed E-state index contributed by atoms with van der Waals surface area (Å²) < 4.78 is 23.0. The molecule has 0 saturated carbocycles. The average molecular weight is 988 g/mol. The molecule has 0 aromatic carbocycles. The maximum atomic E-state index is 12.9. The fourth-order valence-corrected chi connectivity index (χ4v) is 8.93. The van der Waals surface area contributed by atoms with Gasteiger partial charge in [0.2, 0.25) is 0 Å².